The molecule has 1 aromatic carbocycles. The summed E-state index contributed by atoms with van der Waals surface area (Å²) in [6.45, 7) is 1.05. The molecule has 164 valence electrons. The lowest BCUT2D eigenvalue weighted by Crippen LogP contribution is -2.33. The first-order chi connectivity index (χ1) is 14.9. The number of aromatic nitrogens is 4. The highest BCUT2D eigenvalue weighted by Crippen LogP contribution is 2.33. The normalized spacial score (nSPS) is 23.3. The molecule has 31 heavy (non-hydrogen) atoms. The van der Waals surface area contributed by atoms with Gasteiger partial charge in [-0.15, -0.1) is 0 Å². The molecule has 3 aromatic rings. The number of nitrogens with zero attached hydrogens (tertiary/aromatic N) is 4. The molecule has 0 unspecified atom stereocenters. The van der Waals surface area contributed by atoms with Crippen molar-refractivity contribution in [1.82, 2.24) is 19.5 Å². The van der Waals surface area contributed by atoms with Gasteiger partial charge in [0.15, 0.2) is 17.4 Å². The third kappa shape index (κ3) is 4.38. The molecular weight excluding hydrogens is 474 g/mol. The van der Waals surface area contributed by atoms with Crippen molar-refractivity contribution in [3.63, 3.8) is 0 Å². The van der Waals surface area contributed by atoms with Crippen LogP contribution < -0.4 is 10.1 Å². The molecule has 1 aliphatic heterocycles. The fourth-order valence-corrected chi connectivity index (χ4v) is 3.50. The van der Waals surface area contributed by atoms with Crippen LogP contribution in [-0.4, -0.2) is 65.7 Å². The van der Waals surface area contributed by atoms with Crippen molar-refractivity contribution in [2.24, 2.45) is 0 Å². The van der Waals surface area contributed by atoms with E-state index in [0.29, 0.717) is 0 Å². The van der Waals surface area contributed by atoms with Gasteiger partial charge < -0.3 is 24.8 Å². The Morgan fingerprint density at radius 2 is 2.00 bits per heavy atom. The largest absolute Gasteiger partial charge is 0.471 e. The zero-order valence-electron chi connectivity index (χ0n) is 16.3. The van der Waals surface area contributed by atoms with Gasteiger partial charge in [-0.25, -0.2) is 4.98 Å². The van der Waals surface area contributed by atoms with Crippen molar-refractivity contribution in [1.29, 1.82) is 0 Å². The second-order valence-corrected chi connectivity index (χ2v) is 7.92. The van der Waals surface area contributed by atoms with Gasteiger partial charge in [-0.2, -0.15) is 9.97 Å². The summed E-state index contributed by atoms with van der Waals surface area (Å²) >= 11 is 3.38. The number of imidazole rings is 1. The number of aliphatic hydroxyl groups is 3. The van der Waals surface area contributed by atoms with E-state index < -0.39 is 31.1 Å². The van der Waals surface area contributed by atoms with E-state index in [1.54, 1.807) is 0 Å². The Morgan fingerprint density at radius 3 is 2.65 bits per heavy atom. The Bertz CT molecular complexity index is 1090. The number of carbonyl (C=O) groups is 1. The first kappa shape index (κ1) is 21.6. The van der Waals surface area contributed by atoms with Crippen LogP contribution in [0.1, 0.15) is 18.7 Å². The molecule has 11 nitrogen and oxygen atoms in total. The van der Waals surface area contributed by atoms with Crippen LogP contribution in [0.15, 0.2) is 35.1 Å². The van der Waals surface area contributed by atoms with Gasteiger partial charge in [0.05, 0.1) is 12.9 Å². The van der Waals surface area contributed by atoms with Gasteiger partial charge in [-0.05, 0) is 17.7 Å². The molecule has 0 bridgehead atoms. The van der Waals surface area contributed by atoms with Crippen molar-refractivity contribution in [2.45, 2.75) is 38.1 Å². The maximum absolute atomic E-state index is 11.5. The molecule has 4 N–H and O–H groups in total. The van der Waals surface area contributed by atoms with E-state index in [1.165, 1.54) is 17.8 Å². The van der Waals surface area contributed by atoms with E-state index >= 15 is 0 Å². The molecular formula is C19H20BrN5O6. The van der Waals surface area contributed by atoms with Crippen molar-refractivity contribution < 1.29 is 29.6 Å². The molecule has 1 saturated heterocycles. The van der Waals surface area contributed by atoms with E-state index in [-0.39, 0.29) is 35.5 Å². The fourth-order valence-electron chi connectivity index (χ4n) is 3.23. The molecule has 1 fully saturated rings. The highest BCUT2D eigenvalue weighted by Gasteiger charge is 2.44. The van der Waals surface area contributed by atoms with Gasteiger partial charge in [-0.1, -0.05) is 28.1 Å². The maximum Gasteiger partial charge on any atom is 0.247 e. The molecule has 1 amide bonds. The van der Waals surface area contributed by atoms with Crippen molar-refractivity contribution in [3.05, 3.63) is 40.6 Å². The lowest BCUT2D eigenvalue weighted by atomic mass is 10.1. The summed E-state index contributed by atoms with van der Waals surface area (Å²) < 4.78 is 13.8. The highest BCUT2D eigenvalue weighted by atomic mass is 79.9. The summed E-state index contributed by atoms with van der Waals surface area (Å²) in [6.07, 6.45) is -3.24. The molecule has 0 saturated carbocycles. The summed E-state index contributed by atoms with van der Waals surface area (Å²) in [6, 6.07) is 7.53. The second kappa shape index (κ2) is 8.85. The maximum atomic E-state index is 11.5. The number of aliphatic hydroxyl groups excluding tert-OH is 3. The van der Waals surface area contributed by atoms with E-state index in [2.05, 4.69) is 36.2 Å². The highest BCUT2D eigenvalue weighted by molar-refractivity contribution is 9.10. The van der Waals surface area contributed by atoms with Gasteiger partial charge >= 0.3 is 0 Å². The van der Waals surface area contributed by atoms with Crippen LogP contribution in [0.3, 0.4) is 0 Å². The number of amides is 1. The van der Waals surface area contributed by atoms with Gasteiger partial charge in [0.2, 0.25) is 17.7 Å². The SMILES string of the molecule is CC(=O)Nc1nc(OCc2ccc(Br)cc2)c2ncn([C@@H]3O[C@H](CO)[C@@H](O)[C@H]3O)c2n1. The summed E-state index contributed by atoms with van der Waals surface area (Å²) in [5.74, 6) is -0.265. The van der Waals surface area contributed by atoms with Gasteiger partial charge in [0.1, 0.15) is 24.9 Å². The van der Waals surface area contributed by atoms with Crippen LogP contribution in [0, 0.1) is 0 Å². The van der Waals surface area contributed by atoms with E-state index in [4.69, 9.17) is 9.47 Å². The number of fused-ring (bicyclic) bond motifs is 1. The van der Waals surface area contributed by atoms with E-state index in [9.17, 15) is 20.1 Å². The predicted molar refractivity (Wildman–Crippen MR) is 111 cm³/mol. The number of ether oxygens (including phenoxy) is 2. The monoisotopic (exact) mass is 493 g/mol. The average molecular weight is 494 g/mol. The summed E-state index contributed by atoms with van der Waals surface area (Å²) in [4.78, 5) is 24.4. The lowest BCUT2D eigenvalue weighted by molar-refractivity contribution is -0.114. The van der Waals surface area contributed by atoms with Crippen LogP contribution >= 0.6 is 15.9 Å². The van der Waals surface area contributed by atoms with Gasteiger partial charge in [0.25, 0.3) is 0 Å². The van der Waals surface area contributed by atoms with Gasteiger partial charge in [-0.3, -0.25) is 14.7 Å². The number of carbonyl (C=O) groups excluding carboxylic acids is 1. The zero-order valence-corrected chi connectivity index (χ0v) is 17.9. The summed E-state index contributed by atoms with van der Waals surface area (Å²) in [5.41, 5.74) is 1.39. The third-order valence-electron chi connectivity index (χ3n) is 4.76. The van der Waals surface area contributed by atoms with Crippen LogP contribution in [0.25, 0.3) is 11.2 Å². The molecule has 3 heterocycles. The minimum Gasteiger partial charge on any atom is -0.471 e. The standard InChI is InChI=1S/C19H20BrN5O6/c1-9(27)22-19-23-16-13(17(24-19)30-7-10-2-4-11(20)5-3-10)21-8-25(16)18-15(29)14(28)12(6-26)31-18/h2-5,8,12,14-15,18,26,28-29H,6-7H2,1H3,(H,22,23,24,27)/t12-,14-,15-,18-/m1/s1. The van der Waals surface area contributed by atoms with E-state index in [0.717, 1.165) is 10.0 Å². The Balaban J connectivity index is 1.70. The summed E-state index contributed by atoms with van der Waals surface area (Å²) in [7, 11) is 0. The van der Waals surface area contributed by atoms with Crippen molar-refractivity contribution >= 4 is 38.9 Å². The number of rotatable bonds is 6. The quantitative estimate of drug-likeness (QED) is 0.389. The third-order valence-corrected chi connectivity index (χ3v) is 5.29. The topological polar surface area (TPSA) is 152 Å². The number of anilines is 1. The molecule has 12 heteroatoms. The Kier molecular flexibility index (Phi) is 6.16. The fraction of sp³-hybridized carbons (Fsp3) is 0.368. The molecule has 2 aromatic heterocycles. The van der Waals surface area contributed by atoms with Crippen molar-refractivity contribution in [2.75, 3.05) is 11.9 Å². The first-order valence-corrected chi connectivity index (χ1v) is 10.2. The molecule has 4 rings (SSSR count). The Hall–Kier alpha value is -2.64. The first-order valence-electron chi connectivity index (χ1n) is 9.39. The lowest BCUT2D eigenvalue weighted by Gasteiger charge is -2.17. The average Bonchev–Trinajstić information content (AvgIpc) is 3.28. The number of halogens is 1. The Labute approximate surface area is 184 Å². The minimum absolute atomic E-state index is 0.0145. The summed E-state index contributed by atoms with van der Waals surface area (Å²) in [5, 5.41) is 32.3. The zero-order chi connectivity index (χ0) is 22.1. The second-order valence-electron chi connectivity index (χ2n) is 7.00. The smallest absolute Gasteiger partial charge is 0.247 e. The molecule has 1 aliphatic rings. The Morgan fingerprint density at radius 1 is 1.26 bits per heavy atom. The molecule has 0 radical (unpaired) electrons. The van der Waals surface area contributed by atoms with Crippen LogP contribution in [0.4, 0.5) is 5.95 Å². The molecule has 0 spiro atoms. The number of hydrogen-bond donors (Lipinski definition) is 4. The molecule has 4 atom stereocenters. The molecule has 0 aliphatic carbocycles. The number of nitrogens with one attached hydrogen (secondary N) is 1. The predicted octanol–water partition coefficient (Wildman–Crippen LogP) is 0.738. The number of benzene rings is 1. The van der Waals surface area contributed by atoms with E-state index in [1.807, 2.05) is 24.3 Å². The van der Waals surface area contributed by atoms with Crippen LogP contribution in [-0.2, 0) is 16.1 Å². The number of hydrogen-bond acceptors (Lipinski definition) is 9. The van der Waals surface area contributed by atoms with Gasteiger partial charge in [0, 0.05) is 11.4 Å². The van der Waals surface area contributed by atoms with Crippen LogP contribution in [0.2, 0.25) is 0 Å². The van der Waals surface area contributed by atoms with Crippen LogP contribution in [0.5, 0.6) is 5.88 Å². The van der Waals surface area contributed by atoms with Crippen molar-refractivity contribution in [3.8, 4) is 5.88 Å². The minimum atomic E-state index is -1.32.